The van der Waals surface area contributed by atoms with Crippen molar-refractivity contribution in [3.8, 4) is 0 Å². The monoisotopic (exact) mass is 177 g/mol. The predicted octanol–water partition coefficient (Wildman–Crippen LogP) is 4.28. The summed E-state index contributed by atoms with van der Waals surface area (Å²) in [6, 6.07) is 0. The Hall–Kier alpha value is -0.520. The van der Waals surface area contributed by atoms with E-state index in [-0.39, 0.29) is 5.41 Å². The first-order valence-corrected chi connectivity index (χ1v) is 5.31. The summed E-state index contributed by atoms with van der Waals surface area (Å²) in [5.74, 6) is 0. The van der Waals surface area contributed by atoms with Gasteiger partial charge in [0.25, 0.3) is 0 Å². The summed E-state index contributed by atoms with van der Waals surface area (Å²) in [6.07, 6.45) is 7.39. The Labute approximate surface area is 82.7 Å². The van der Waals surface area contributed by atoms with E-state index in [4.69, 9.17) is 0 Å². The van der Waals surface area contributed by atoms with E-state index in [1.54, 1.807) is 0 Å². The molecule has 0 bridgehead atoms. The molecule has 0 saturated carbocycles. The van der Waals surface area contributed by atoms with E-state index in [2.05, 4.69) is 40.7 Å². The third-order valence-electron chi connectivity index (χ3n) is 3.20. The number of hydrogen-bond acceptors (Lipinski definition) is 0. The minimum absolute atomic E-state index is 0.188. The highest BCUT2D eigenvalue weighted by atomic mass is 14.3. The van der Waals surface area contributed by atoms with Gasteiger partial charge in [-0.3, -0.25) is 0 Å². The highest BCUT2D eigenvalue weighted by molar-refractivity contribution is 5.42. The lowest BCUT2D eigenvalue weighted by molar-refractivity contribution is 0.567. The smallest absolute Gasteiger partial charge is 0.0114 e. The molecule has 1 radical (unpaired) electrons. The van der Waals surface area contributed by atoms with Crippen LogP contribution in [-0.2, 0) is 0 Å². The molecule has 0 aliphatic heterocycles. The normalized spacial score (nSPS) is 20.8. The van der Waals surface area contributed by atoms with Gasteiger partial charge in [0.15, 0.2) is 0 Å². The van der Waals surface area contributed by atoms with E-state index >= 15 is 0 Å². The Balaban J connectivity index is 2.79. The summed E-state index contributed by atoms with van der Waals surface area (Å²) in [5.41, 5.74) is 4.63. The molecular formula is C13H21. The summed E-state index contributed by atoms with van der Waals surface area (Å²) in [7, 11) is 0. The molecule has 0 heteroatoms. The quantitative estimate of drug-likeness (QED) is 0.603. The fourth-order valence-corrected chi connectivity index (χ4v) is 1.86. The van der Waals surface area contributed by atoms with Crippen molar-refractivity contribution in [2.24, 2.45) is 5.41 Å². The van der Waals surface area contributed by atoms with Gasteiger partial charge in [0.1, 0.15) is 0 Å². The van der Waals surface area contributed by atoms with Crippen LogP contribution in [0.4, 0.5) is 0 Å². The first kappa shape index (κ1) is 10.6. The first-order chi connectivity index (χ1) is 5.99. The summed E-state index contributed by atoms with van der Waals surface area (Å²) >= 11 is 0. The molecule has 73 valence electrons. The van der Waals surface area contributed by atoms with Crippen LogP contribution in [0.15, 0.2) is 16.7 Å². The summed E-state index contributed by atoms with van der Waals surface area (Å²) in [4.78, 5) is 0. The molecule has 0 aromatic carbocycles. The number of rotatable bonds is 3. The van der Waals surface area contributed by atoms with Gasteiger partial charge in [0.05, 0.1) is 0 Å². The van der Waals surface area contributed by atoms with Crippen molar-refractivity contribution in [1.82, 2.24) is 0 Å². The summed E-state index contributed by atoms with van der Waals surface area (Å²) in [6.45, 7) is 11.2. The van der Waals surface area contributed by atoms with Gasteiger partial charge in [-0.05, 0) is 43.9 Å². The van der Waals surface area contributed by atoms with Crippen LogP contribution in [-0.4, -0.2) is 0 Å². The minimum Gasteiger partial charge on any atom is -0.0654 e. The van der Waals surface area contributed by atoms with Crippen molar-refractivity contribution >= 4 is 0 Å². The number of allylic oxidation sites excluding steroid dienone is 4. The minimum atomic E-state index is 0.188. The van der Waals surface area contributed by atoms with Gasteiger partial charge in [-0.25, -0.2) is 0 Å². The van der Waals surface area contributed by atoms with Crippen LogP contribution in [0.5, 0.6) is 0 Å². The molecule has 0 heterocycles. The van der Waals surface area contributed by atoms with Crippen LogP contribution in [0, 0.1) is 11.5 Å². The molecule has 0 aromatic rings. The largest absolute Gasteiger partial charge is 0.0654 e. The molecule has 0 atom stereocenters. The molecular weight excluding hydrogens is 156 g/mol. The maximum absolute atomic E-state index is 3.61. The van der Waals surface area contributed by atoms with Crippen molar-refractivity contribution < 1.29 is 0 Å². The molecule has 0 amide bonds. The fourth-order valence-electron chi connectivity index (χ4n) is 1.86. The van der Waals surface area contributed by atoms with Gasteiger partial charge < -0.3 is 0 Å². The number of unbranched alkanes of at least 4 members (excludes halogenated alkanes) is 1. The zero-order valence-electron chi connectivity index (χ0n) is 9.62. The van der Waals surface area contributed by atoms with Crippen LogP contribution in [0.3, 0.4) is 0 Å². The highest BCUT2D eigenvalue weighted by Gasteiger charge is 2.27. The lowest BCUT2D eigenvalue weighted by atomic mass is 9.88. The molecule has 0 fully saturated rings. The molecule has 0 N–H and O–H groups in total. The molecule has 0 nitrogen and oxygen atoms in total. The van der Waals surface area contributed by atoms with Gasteiger partial charge in [0.2, 0.25) is 0 Å². The average molecular weight is 177 g/mol. The third-order valence-corrected chi connectivity index (χ3v) is 3.20. The van der Waals surface area contributed by atoms with E-state index in [9.17, 15) is 0 Å². The second-order valence-corrected chi connectivity index (χ2v) is 4.58. The van der Waals surface area contributed by atoms with Crippen LogP contribution in [0.2, 0.25) is 0 Å². The lowest BCUT2D eigenvalue weighted by Crippen LogP contribution is -2.06. The molecule has 0 saturated heterocycles. The van der Waals surface area contributed by atoms with Crippen molar-refractivity contribution in [3.63, 3.8) is 0 Å². The zero-order chi connectivity index (χ0) is 10.1. The SMILES string of the molecule is CCCCC1=[C]C(C)(C)C(C)=C1C. The topological polar surface area (TPSA) is 0 Å². The van der Waals surface area contributed by atoms with Crippen LogP contribution < -0.4 is 0 Å². The summed E-state index contributed by atoms with van der Waals surface area (Å²) < 4.78 is 0. The van der Waals surface area contributed by atoms with E-state index in [1.807, 2.05) is 0 Å². The maximum atomic E-state index is 3.61. The molecule has 13 heavy (non-hydrogen) atoms. The van der Waals surface area contributed by atoms with Gasteiger partial charge >= 0.3 is 0 Å². The van der Waals surface area contributed by atoms with Crippen molar-refractivity contribution in [3.05, 3.63) is 22.8 Å². The van der Waals surface area contributed by atoms with Gasteiger partial charge in [-0.15, -0.1) is 0 Å². The fraction of sp³-hybridized carbons (Fsp3) is 0.692. The van der Waals surface area contributed by atoms with Crippen LogP contribution >= 0.6 is 0 Å². The van der Waals surface area contributed by atoms with Gasteiger partial charge in [0, 0.05) is 5.41 Å². The Bertz CT molecular complexity index is 251. The van der Waals surface area contributed by atoms with Gasteiger partial charge in [-0.2, -0.15) is 0 Å². The van der Waals surface area contributed by atoms with Crippen LogP contribution in [0.25, 0.3) is 0 Å². The second kappa shape index (κ2) is 3.69. The van der Waals surface area contributed by atoms with E-state index in [0.29, 0.717) is 0 Å². The molecule has 1 aliphatic carbocycles. The van der Waals surface area contributed by atoms with Crippen LogP contribution in [0.1, 0.15) is 53.9 Å². The van der Waals surface area contributed by atoms with Crippen molar-refractivity contribution in [2.45, 2.75) is 53.9 Å². The Morgan fingerprint density at radius 3 is 2.23 bits per heavy atom. The predicted molar refractivity (Wildman–Crippen MR) is 58.4 cm³/mol. The molecule has 1 rings (SSSR count). The molecule has 0 spiro atoms. The van der Waals surface area contributed by atoms with Crippen molar-refractivity contribution in [2.75, 3.05) is 0 Å². The Morgan fingerprint density at radius 1 is 1.23 bits per heavy atom. The van der Waals surface area contributed by atoms with E-state index < -0.39 is 0 Å². The summed E-state index contributed by atoms with van der Waals surface area (Å²) in [5, 5.41) is 0. The highest BCUT2D eigenvalue weighted by Crippen LogP contribution is 2.40. The third kappa shape index (κ3) is 2.04. The van der Waals surface area contributed by atoms with E-state index in [0.717, 1.165) is 0 Å². The zero-order valence-corrected chi connectivity index (χ0v) is 9.62. The van der Waals surface area contributed by atoms with E-state index in [1.165, 1.54) is 36.0 Å². The molecule has 1 aliphatic rings. The average Bonchev–Trinajstić information content (AvgIpc) is 2.26. The van der Waals surface area contributed by atoms with Crippen molar-refractivity contribution in [1.29, 1.82) is 0 Å². The standard InChI is InChI=1S/C13H21/c1-6-7-8-12-9-13(4,5)11(3)10(12)2/h6-8H2,1-5H3. The number of hydrogen-bond donors (Lipinski definition) is 0. The second-order valence-electron chi connectivity index (χ2n) is 4.58. The molecule has 0 unspecified atom stereocenters. The maximum Gasteiger partial charge on any atom is 0.0114 e. The van der Waals surface area contributed by atoms with Gasteiger partial charge in [-0.1, -0.05) is 32.8 Å². The molecule has 0 aromatic heterocycles. The first-order valence-electron chi connectivity index (χ1n) is 5.31. The lowest BCUT2D eigenvalue weighted by Gasteiger charge is -2.16. The Kier molecular flexibility index (Phi) is 3.00. The Morgan fingerprint density at radius 2 is 1.85 bits per heavy atom.